The van der Waals surface area contributed by atoms with Crippen LogP contribution in [0.5, 0.6) is 5.75 Å². The molecule has 0 aliphatic heterocycles. The normalized spacial score (nSPS) is 16.2. The fourth-order valence-electron chi connectivity index (χ4n) is 1.36. The van der Waals surface area contributed by atoms with Crippen molar-refractivity contribution in [1.29, 1.82) is 0 Å². The average Bonchev–Trinajstić information content (AvgIpc) is 2.37. The van der Waals surface area contributed by atoms with Crippen molar-refractivity contribution in [3.05, 3.63) is 30.3 Å². The standard InChI is InChI=1S/C12H18O5/c13-7-6-11(15)12(16,8-14)9-17-10-4-2-1-3-5-10/h1-5,11,13-16H,6-9H2. The molecule has 17 heavy (non-hydrogen) atoms. The van der Waals surface area contributed by atoms with E-state index >= 15 is 0 Å². The van der Waals surface area contributed by atoms with Gasteiger partial charge in [0.1, 0.15) is 18.0 Å². The first kappa shape index (κ1) is 13.9. The molecule has 5 nitrogen and oxygen atoms in total. The molecule has 0 aliphatic carbocycles. The van der Waals surface area contributed by atoms with Crippen LogP contribution in [0.15, 0.2) is 30.3 Å². The van der Waals surface area contributed by atoms with Crippen molar-refractivity contribution in [3.63, 3.8) is 0 Å². The number of aliphatic hydroxyl groups is 4. The first-order chi connectivity index (χ1) is 8.12. The Hall–Kier alpha value is -1.14. The van der Waals surface area contributed by atoms with Gasteiger partial charge < -0.3 is 25.2 Å². The van der Waals surface area contributed by atoms with E-state index in [0.717, 1.165) is 0 Å². The van der Waals surface area contributed by atoms with Crippen molar-refractivity contribution < 1.29 is 25.2 Å². The van der Waals surface area contributed by atoms with Crippen LogP contribution in [0, 0.1) is 0 Å². The first-order valence-corrected chi connectivity index (χ1v) is 5.42. The topological polar surface area (TPSA) is 90.2 Å². The third-order valence-electron chi connectivity index (χ3n) is 2.53. The molecule has 0 bridgehead atoms. The zero-order valence-corrected chi connectivity index (χ0v) is 9.49. The molecular formula is C12H18O5. The predicted molar refractivity (Wildman–Crippen MR) is 61.7 cm³/mol. The Morgan fingerprint density at radius 3 is 2.35 bits per heavy atom. The summed E-state index contributed by atoms with van der Waals surface area (Å²) in [5.74, 6) is 0.538. The van der Waals surface area contributed by atoms with Gasteiger partial charge in [0, 0.05) is 6.61 Å². The fraction of sp³-hybridized carbons (Fsp3) is 0.500. The number of para-hydroxylation sites is 1. The minimum absolute atomic E-state index is 0.0186. The van der Waals surface area contributed by atoms with E-state index in [1.54, 1.807) is 24.3 Å². The summed E-state index contributed by atoms with van der Waals surface area (Å²) < 4.78 is 5.28. The Morgan fingerprint density at radius 1 is 1.18 bits per heavy atom. The summed E-state index contributed by atoms with van der Waals surface area (Å²) in [5, 5.41) is 37.3. The summed E-state index contributed by atoms with van der Waals surface area (Å²) >= 11 is 0. The number of rotatable bonds is 7. The average molecular weight is 242 g/mol. The van der Waals surface area contributed by atoms with Gasteiger partial charge in [0.05, 0.1) is 12.7 Å². The summed E-state index contributed by atoms with van der Waals surface area (Å²) in [6.45, 7) is -1.15. The third-order valence-corrected chi connectivity index (χ3v) is 2.53. The first-order valence-electron chi connectivity index (χ1n) is 5.42. The fourth-order valence-corrected chi connectivity index (χ4v) is 1.36. The maximum Gasteiger partial charge on any atom is 0.147 e. The smallest absolute Gasteiger partial charge is 0.147 e. The highest BCUT2D eigenvalue weighted by atomic mass is 16.5. The minimum Gasteiger partial charge on any atom is -0.490 e. The van der Waals surface area contributed by atoms with Gasteiger partial charge in [-0.3, -0.25) is 0 Å². The Labute approximate surface area is 99.9 Å². The van der Waals surface area contributed by atoms with Gasteiger partial charge in [0.15, 0.2) is 0 Å². The molecule has 1 aromatic rings. The quantitative estimate of drug-likeness (QED) is 0.519. The number of hydrogen-bond donors (Lipinski definition) is 4. The molecule has 2 unspecified atom stereocenters. The van der Waals surface area contributed by atoms with Gasteiger partial charge in [-0.2, -0.15) is 0 Å². The zero-order chi connectivity index (χ0) is 12.7. The monoisotopic (exact) mass is 242 g/mol. The molecule has 2 atom stereocenters. The molecule has 0 aliphatic rings. The Morgan fingerprint density at radius 2 is 1.82 bits per heavy atom. The molecular weight excluding hydrogens is 224 g/mol. The lowest BCUT2D eigenvalue weighted by molar-refractivity contribution is -0.130. The Bertz CT molecular complexity index is 316. The second-order valence-electron chi connectivity index (χ2n) is 3.89. The number of benzene rings is 1. The molecule has 96 valence electrons. The van der Waals surface area contributed by atoms with Crippen LogP contribution >= 0.6 is 0 Å². The molecule has 0 amide bonds. The summed E-state index contributed by atoms with van der Waals surface area (Å²) in [6, 6.07) is 8.78. The van der Waals surface area contributed by atoms with Crippen LogP contribution in [0.3, 0.4) is 0 Å². The van der Waals surface area contributed by atoms with Crippen molar-refractivity contribution in [1.82, 2.24) is 0 Å². The molecule has 0 radical (unpaired) electrons. The van der Waals surface area contributed by atoms with E-state index in [0.29, 0.717) is 5.75 Å². The largest absolute Gasteiger partial charge is 0.490 e. The summed E-state index contributed by atoms with van der Waals surface area (Å²) in [6.07, 6.45) is -1.25. The maximum absolute atomic E-state index is 9.94. The molecule has 0 spiro atoms. The van der Waals surface area contributed by atoms with Gasteiger partial charge in [-0.1, -0.05) is 18.2 Å². The highest BCUT2D eigenvalue weighted by molar-refractivity contribution is 5.21. The summed E-state index contributed by atoms with van der Waals surface area (Å²) in [4.78, 5) is 0. The third kappa shape index (κ3) is 3.98. The predicted octanol–water partition coefficient (Wildman–Crippen LogP) is -0.468. The SMILES string of the molecule is OCCC(O)C(O)(CO)COc1ccccc1. The van der Waals surface area contributed by atoms with E-state index in [2.05, 4.69) is 0 Å². The number of hydrogen-bond acceptors (Lipinski definition) is 5. The van der Waals surface area contributed by atoms with E-state index in [1.807, 2.05) is 6.07 Å². The van der Waals surface area contributed by atoms with Crippen LogP contribution in [-0.4, -0.2) is 52.0 Å². The van der Waals surface area contributed by atoms with Crippen molar-refractivity contribution in [2.75, 3.05) is 19.8 Å². The van der Waals surface area contributed by atoms with E-state index in [1.165, 1.54) is 0 Å². The van der Waals surface area contributed by atoms with Gasteiger partial charge in [-0.25, -0.2) is 0 Å². The Balaban J connectivity index is 2.57. The molecule has 0 saturated heterocycles. The molecule has 0 saturated carbocycles. The molecule has 4 N–H and O–H groups in total. The highest BCUT2D eigenvalue weighted by Gasteiger charge is 2.35. The van der Waals surface area contributed by atoms with Crippen molar-refractivity contribution >= 4 is 0 Å². The molecule has 0 fully saturated rings. The van der Waals surface area contributed by atoms with Gasteiger partial charge in [-0.15, -0.1) is 0 Å². The Kier molecular flexibility index (Phi) is 5.37. The lowest BCUT2D eigenvalue weighted by Gasteiger charge is -2.30. The van der Waals surface area contributed by atoms with Gasteiger partial charge in [0.25, 0.3) is 0 Å². The highest BCUT2D eigenvalue weighted by Crippen LogP contribution is 2.17. The lowest BCUT2D eigenvalue weighted by Crippen LogP contribution is -2.51. The van der Waals surface area contributed by atoms with Crippen LogP contribution < -0.4 is 4.74 Å². The minimum atomic E-state index is -1.77. The van der Waals surface area contributed by atoms with Gasteiger partial charge in [0.2, 0.25) is 0 Å². The second-order valence-corrected chi connectivity index (χ2v) is 3.89. The van der Waals surface area contributed by atoms with E-state index in [4.69, 9.17) is 14.9 Å². The number of ether oxygens (including phenoxy) is 1. The maximum atomic E-state index is 9.94. The van der Waals surface area contributed by atoms with Crippen LogP contribution in [0.25, 0.3) is 0 Å². The molecule has 1 aromatic carbocycles. The molecule has 0 heterocycles. The van der Waals surface area contributed by atoms with Crippen LogP contribution in [0.2, 0.25) is 0 Å². The summed E-state index contributed by atoms with van der Waals surface area (Å²) in [7, 11) is 0. The van der Waals surface area contributed by atoms with Crippen molar-refractivity contribution in [3.8, 4) is 5.75 Å². The van der Waals surface area contributed by atoms with E-state index in [9.17, 15) is 10.2 Å². The molecule has 0 aromatic heterocycles. The number of aliphatic hydroxyl groups excluding tert-OH is 3. The van der Waals surface area contributed by atoms with E-state index < -0.39 is 18.3 Å². The lowest BCUT2D eigenvalue weighted by atomic mass is 9.96. The van der Waals surface area contributed by atoms with E-state index in [-0.39, 0.29) is 19.6 Å². The van der Waals surface area contributed by atoms with Crippen LogP contribution in [0.1, 0.15) is 6.42 Å². The van der Waals surface area contributed by atoms with Crippen LogP contribution in [0.4, 0.5) is 0 Å². The zero-order valence-electron chi connectivity index (χ0n) is 9.49. The van der Waals surface area contributed by atoms with Crippen molar-refractivity contribution in [2.45, 2.75) is 18.1 Å². The van der Waals surface area contributed by atoms with Gasteiger partial charge in [-0.05, 0) is 18.6 Å². The van der Waals surface area contributed by atoms with Crippen molar-refractivity contribution in [2.24, 2.45) is 0 Å². The van der Waals surface area contributed by atoms with Gasteiger partial charge >= 0.3 is 0 Å². The second kappa shape index (κ2) is 6.56. The van der Waals surface area contributed by atoms with Crippen LogP contribution in [-0.2, 0) is 0 Å². The molecule has 1 rings (SSSR count). The molecule has 5 heteroatoms. The summed E-state index contributed by atoms with van der Waals surface area (Å²) in [5.41, 5.74) is -1.77.